The lowest BCUT2D eigenvalue weighted by molar-refractivity contribution is -0.143. The number of halogens is 6. The van der Waals surface area contributed by atoms with Gasteiger partial charge in [-0.15, -0.1) is 0 Å². The van der Waals surface area contributed by atoms with Gasteiger partial charge in [-0.1, -0.05) is 55.4 Å². The number of alkyl halides is 6. The third-order valence-electron chi connectivity index (χ3n) is 7.96. The molecule has 0 bridgehead atoms. The highest BCUT2D eigenvalue weighted by Gasteiger charge is 2.42. The lowest BCUT2D eigenvalue weighted by atomic mass is 10.1. The van der Waals surface area contributed by atoms with Gasteiger partial charge in [0.25, 0.3) is 0 Å². The van der Waals surface area contributed by atoms with Crippen LogP contribution in [0.3, 0.4) is 0 Å². The Bertz CT molecular complexity index is 1620. The third-order valence-corrected chi connectivity index (χ3v) is 8.82. The average molecular weight is 731 g/mol. The minimum Gasteiger partial charge on any atom is -0.469 e. The van der Waals surface area contributed by atoms with Crippen LogP contribution in [0.15, 0.2) is 59.4 Å². The van der Waals surface area contributed by atoms with Crippen molar-refractivity contribution in [3.8, 4) is 0 Å². The number of likely N-dealkylation sites (tertiary alicyclic amines) is 1. The Balaban J connectivity index is 0.000000233. The number of nitrogens with one attached hydrogen (secondary N) is 2. The normalized spacial score (nSPS) is 18.6. The summed E-state index contributed by atoms with van der Waals surface area (Å²) in [6, 6.07) is 7.80. The van der Waals surface area contributed by atoms with Gasteiger partial charge in [-0.25, -0.2) is 0 Å². The molecule has 3 atom stereocenters. The number of benzene rings is 2. The zero-order valence-corrected chi connectivity index (χ0v) is 28.4. The molecule has 9 nitrogen and oxygen atoms in total. The highest BCUT2D eigenvalue weighted by atomic mass is 32.1. The molecule has 4 N–H and O–H groups in total. The molecule has 0 radical (unpaired) electrons. The number of hydrogen-bond acceptors (Lipinski definition) is 7. The van der Waals surface area contributed by atoms with Crippen molar-refractivity contribution in [2.24, 2.45) is 17.6 Å². The predicted molar refractivity (Wildman–Crippen MR) is 178 cm³/mol. The molecule has 2 heterocycles. The number of methoxy groups -OCH3 is 1. The zero-order valence-electron chi connectivity index (χ0n) is 27.5. The van der Waals surface area contributed by atoms with E-state index in [1.165, 1.54) is 37.7 Å². The number of allylic oxidation sites excluding steroid dienone is 2. The van der Waals surface area contributed by atoms with E-state index in [4.69, 9.17) is 5.73 Å². The molecular formula is C34H40F6N4O5S. The standard InChI is InChI=1S/C15H15F6N3O2.C12H20O2.C7H5NOS/c16-14(17,18)8-4-9(15(19,20)21)6-10(5-8)23-7-12(25)24-3-1-2-11(24)13(22)26;1-3-4-5-6-7-8-10-9-11(10)12(13)14-2;9-7-8-5-3-1-2-4-6(5)10-7/h4-6,11,23H,1-3,7H2,(H2,22,26);7-8,10-11H,3-6,9H2,1-2H3;1-4H,(H,8,9)/b;8-7-;. The molecule has 16 heteroatoms. The van der Waals surface area contributed by atoms with Crippen LogP contribution in [0, 0.1) is 11.8 Å². The fraction of sp³-hybridized carbons (Fsp3) is 0.471. The van der Waals surface area contributed by atoms with Gasteiger partial charge in [-0.2, -0.15) is 26.3 Å². The van der Waals surface area contributed by atoms with Gasteiger partial charge in [-0.3, -0.25) is 19.2 Å². The van der Waals surface area contributed by atoms with Crippen molar-refractivity contribution in [2.75, 3.05) is 25.5 Å². The summed E-state index contributed by atoms with van der Waals surface area (Å²) >= 11 is 1.24. The van der Waals surface area contributed by atoms with Crippen LogP contribution in [0.5, 0.6) is 0 Å². The first-order valence-electron chi connectivity index (χ1n) is 16.0. The number of fused-ring (bicyclic) bond motifs is 1. The third kappa shape index (κ3) is 12.2. The predicted octanol–water partition coefficient (Wildman–Crippen LogP) is 7.13. The second-order valence-corrected chi connectivity index (χ2v) is 12.8. The van der Waals surface area contributed by atoms with E-state index in [0.29, 0.717) is 30.9 Å². The summed E-state index contributed by atoms with van der Waals surface area (Å²) in [7, 11) is 1.46. The molecule has 2 fully saturated rings. The number of unbranched alkanes of at least 4 members (excludes halogenated alkanes) is 3. The molecule has 2 aromatic carbocycles. The van der Waals surface area contributed by atoms with Gasteiger partial charge in [0.05, 0.1) is 40.9 Å². The molecule has 50 heavy (non-hydrogen) atoms. The molecule has 1 aliphatic heterocycles. The molecule has 5 rings (SSSR count). The molecule has 3 aromatic rings. The summed E-state index contributed by atoms with van der Waals surface area (Å²) in [4.78, 5) is 49.1. The highest BCUT2D eigenvalue weighted by molar-refractivity contribution is 7.16. The van der Waals surface area contributed by atoms with Gasteiger partial charge < -0.3 is 25.7 Å². The van der Waals surface area contributed by atoms with E-state index in [0.717, 1.165) is 28.0 Å². The lowest BCUT2D eigenvalue weighted by Gasteiger charge is -2.23. The fourth-order valence-corrected chi connectivity index (χ4v) is 5.96. The van der Waals surface area contributed by atoms with Crippen molar-refractivity contribution in [2.45, 2.75) is 70.3 Å². The Morgan fingerprint density at radius 2 is 1.72 bits per heavy atom. The number of primary amides is 1. The monoisotopic (exact) mass is 730 g/mol. The Kier molecular flexibility index (Phi) is 14.5. The number of esters is 1. The topological polar surface area (TPSA) is 135 Å². The molecule has 2 amide bonds. The summed E-state index contributed by atoms with van der Waals surface area (Å²) < 4.78 is 82.5. The maximum absolute atomic E-state index is 12.8. The first-order valence-corrected chi connectivity index (χ1v) is 16.8. The largest absolute Gasteiger partial charge is 0.469 e. The molecule has 2 aliphatic rings. The molecule has 1 saturated heterocycles. The molecule has 274 valence electrons. The summed E-state index contributed by atoms with van der Waals surface area (Å²) in [5.74, 6) is -0.786. The summed E-state index contributed by atoms with van der Waals surface area (Å²) in [6.45, 7) is 1.88. The molecule has 1 aromatic heterocycles. The van der Waals surface area contributed by atoms with Gasteiger partial charge in [0.15, 0.2) is 0 Å². The van der Waals surface area contributed by atoms with Crippen molar-refractivity contribution in [3.63, 3.8) is 0 Å². The Hall–Kier alpha value is -4.34. The Morgan fingerprint density at radius 1 is 1.06 bits per heavy atom. The Labute approximate surface area is 288 Å². The number of amides is 2. The molecule has 1 aliphatic carbocycles. The minimum absolute atomic E-state index is 0.00338. The van der Waals surface area contributed by atoms with Crippen molar-refractivity contribution in [1.29, 1.82) is 0 Å². The second-order valence-electron chi connectivity index (χ2n) is 11.8. The number of rotatable bonds is 10. The van der Waals surface area contributed by atoms with E-state index in [9.17, 15) is 45.5 Å². The maximum Gasteiger partial charge on any atom is 0.416 e. The average Bonchev–Trinajstić information content (AvgIpc) is 3.46. The van der Waals surface area contributed by atoms with Crippen LogP contribution < -0.4 is 15.9 Å². The molecule has 0 spiro atoms. The van der Waals surface area contributed by atoms with Crippen molar-refractivity contribution >= 4 is 45.0 Å². The van der Waals surface area contributed by atoms with E-state index in [2.05, 4.69) is 34.1 Å². The summed E-state index contributed by atoms with van der Waals surface area (Å²) in [5.41, 5.74) is 2.61. The first kappa shape index (κ1) is 40.1. The summed E-state index contributed by atoms with van der Waals surface area (Å²) in [6.07, 6.45) is 1.29. The van der Waals surface area contributed by atoms with Gasteiger partial charge in [0, 0.05) is 12.2 Å². The number of aromatic amines is 1. The van der Waals surface area contributed by atoms with E-state index in [1.807, 2.05) is 24.3 Å². The smallest absolute Gasteiger partial charge is 0.416 e. The van der Waals surface area contributed by atoms with Crippen LogP contribution in [-0.2, 0) is 31.5 Å². The number of nitrogens with zero attached hydrogens (tertiary/aromatic N) is 1. The van der Waals surface area contributed by atoms with Crippen LogP contribution in [0.4, 0.5) is 32.0 Å². The summed E-state index contributed by atoms with van der Waals surface area (Å²) in [5, 5.41) is 2.26. The number of thiazole rings is 1. The van der Waals surface area contributed by atoms with Crippen LogP contribution in [0.2, 0.25) is 0 Å². The van der Waals surface area contributed by atoms with Crippen LogP contribution >= 0.6 is 11.3 Å². The maximum atomic E-state index is 12.8. The highest BCUT2D eigenvalue weighted by Crippen LogP contribution is 2.40. The van der Waals surface area contributed by atoms with Crippen LogP contribution in [0.1, 0.15) is 63.0 Å². The van der Waals surface area contributed by atoms with Crippen LogP contribution in [-0.4, -0.2) is 53.9 Å². The number of aromatic nitrogens is 1. The number of H-pyrrole nitrogens is 1. The number of nitrogens with two attached hydrogens (primary N) is 1. The van der Waals surface area contributed by atoms with E-state index < -0.39 is 53.6 Å². The van der Waals surface area contributed by atoms with Crippen molar-refractivity contribution < 1.29 is 45.5 Å². The van der Waals surface area contributed by atoms with Crippen molar-refractivity contribution in [3.05, 3.63) is 75.4 Å². The lowest BCUT2D eigenvalue weighted by Crippen LogP contribution is -2.45. The Morgan fingerprint density at radius 3 is 2.30 bits per heavy atom. The van der Waals surface area contributed by atoms with Crippen molar-refractivity contribution in [1.82, 2.24) is 9.88 Å². The second kappa shape index (κ2) is 18.1. The van der Waals surface area contributed by atoms with Crippen LogP contribution in [0.25, 0.3) is 10.2 Å². The van der Waals surface area contributed by atoms with Gasteiger partial charge in [-0.05, 0) is 68.4 Å². The van der Waals surface area contributed by atoms with E-state index in [1.54, 1.807) is 0 Å². The number of para-hydroxylation sites is 1. The van der Waals surface area contributed by atoms with E-state index in [-0.39, 0.29) is 29.4 Å². The quantitative estimate of drug-likeness (QED) is 0.0880. The number of carbonyl (C=O) groups is 3. The van der Waals surface area contributed by atoms with Gasteiger partial charge in [0.1, 0.15) is 6.04 Å². The van der Waals surface area contributed by atoms with Gasteiger partial charge in [0.2, 0.25) is 11.8 Å². The number of ether oxygens (including phenoxy) is 1. The fourth-order valence-electron chi connectivity index (χ4n) is 5.22. The number of carbonyl (C=O) groups excluding carboxylic acids is 3. The zero-order chi connectivity index (χ0) is 37.1. The van der Waals surface area contributed by atoms with E-state index >= 15 is 0 Å². The number of anilines is 1. The first-order chi connectivity index (χ1) is 23.5. The molecule has 1 saturated carbocycles. The molecular weight excluding hydrogens is 690 g/mol. The molecule has 3 unspecified atom stereocenters. The SMILES string of the molecule is CCCCC/C=C\C1CC1C(=O)OC.NC(=O)C1CCCN1C(=O)CNc1cc(C(F)(F)F)cc(C(F)(F)F)c1.O=c1[nH]c2ccccc2s1. The number of hydrogen-bond donors (Lipinski definition) is 3. The minimum atomic E-state index is -4.98. The van der Waals surface area contributed by atoms with Gasteiger partial charge >= 0.3 is 23.2 Å².